The Morgan fingerprint density at radius 3 is 2.95 bits per heavy atom. The Bertz CT molecular complexity index is 755. The van der Waals surface area contributed by atoms with Crippen molar-refractivity contribution in [1.82, 2.24) is 14.4 Å². The maximum absolute atomic E-state index is 9.10. The van der Waals surface area contributed by atoms with Gasteiger partial charge in [-0.1, -0.05) is 0 Å². The van der Waals surface area contributed by atoms with Gasteiger partial charge in [0.25, 0.3) is 5.88 Å². The summed E-state index contributed by atoms with van der Waals surface area (Å²) in [5, 5.41) is 9.10. The molecule has 0 bridgehead atoms. The van der Waals surface area contributed by atoms with Crippen LogP contribution in [0.2, 0.25) is 0 Å². The van der Waals surface area contributed by atoms with Crippen molar-refractivity contribution < 1.29 is 14.6 Å². The van der Waals surface area contributed by atoms with E-state index in [4.69, 9.17) is 14.6 Å². The lowest BCUT2D eigenvalue weighted by Crippen LogP contribution is -1.97. The number of hydrogen-bond acceptors (Lipinski definition) is 5. The summed E-state index contributed by atoms with van der Waals surface area (Å²) in [7, 11) is 0. The van der Waals surface area contributed by atoms with Gasteiger partial charge in [-0.3, -0.25) is 0 Å². The van der Waals surface area contributed by atoms with Crippen LogP contribution in [0.3, 0.4) is 0 Å². The average molecular weight is 285 g/mol. The van der Waals surface area contributed by atoms with Gasteiger partial charge in [-0.05, 0) is 31.2 Å². The Hall–Kier alpha value is -2.60. The van der Waals surface area contributed by atoms with E-state index in [9.17, 15) is 0 Å². The highest BCUT2D eigenvalue weighted by atomic mass is 16.5. The first-order chi connectivity index (χ1) is 10.3. The second-order valence-corrected chi connectivity index (χ2v) is 4.36. The monoisotopic (exact) mass is 285 g/mol. The fourth-order valence-corrected chi connectivity index (χ4v) is 1.99. The molecule has 3 aromatic rings. The van der Waals surface area contributed by atoms with E-state index in [1.807, 2.05) is 19.1 Å². The summed E-state index contributed by atoms with van der Waals surface area (Å²) in [5.74, 6) is 1.63. The Morgan fingerprint density at radius 2 is 2.14 bits per heavy atom. The van der Waals surface area contributed by atoms with E-state index in [0.29, 0.717) is 29.7 Å². The van der Waals surface area contributed by atoms with E-state index in [2.05, 4.69) is 9.97 Å². The van der Waals surface area contributed by atoms with Crippen LogP contribution in [0.15, 0.2) is 42.9 Å². The lowest BCUT2D eigenvalue weighted by Gasteiger charge is -2.09. The second kappa shape index (κ2) is 5.80. The molecule has 0 radical (unpaired) electrons. The van der Waals surface area contributed by atoms with Gasteiger partial charge >= 0.3 is 0 Å². The van der Waals surface area contributed by atoms with Crippen molar-refractivity contribution in [1.29, 1.82) is 0 Å². The summed E-state index contributed by atoms with van der Waals surface area (Å²) < 4.78 is 13.0. The van der Waals surface area contributed by atoms with E-state index < -0.39 is 0 Å². The number of fused-ring (bicyclic) bond motifs is 1. The van der Waals surface area contributed by atoms with Crippen LogP contribution >= 0.6 is 0 Å². The summed E-state index contributed by atoms with van der Waals surface area (Å²) in [6.45, 7) is 2.36. The largest absolute Gasteiger partial charge is 0.488 e. The molecule has 6 heteroatoms. The van der Waals surface area contributed by atoms with Gasteiger partial charge in [0.15, 0.2) is 5.75 Å². The van der Waals surface area contributed by atoms with Gasteiger partial charge in [0.2, 0.25) is 0 Å². The Kier molecular flexibility index (Phi) is 3.70. The molecule has 0 aliphatic rings. The first kappa shape index (κ1) is 13.4. The predicted molar refractivity (Wildman–Crippen MR) is 76.6 cm³/mol. The summed E-state index contributed by atoms with van der Waals surface area (Å²) in [6, 6.07) is 7.22. The van der Waals surface area contributed by atoms with Crippen LogP contribution < -0.4 is 9.47 Å². The summed E-state index contributed by atoms with van der Waals surface area (Å²) in [6.07, 6.45) is 5.19. The molecule has 108 valence electrons. The second-order valence-electron chi connectivity index (χ2n) is 4.36. The van der Waals surface area contributed by atoms with E-state index in [1.54, 1.807) is 35.1 Å². The van der Waals surface area contributed by atoms with E-state index >= 15 is 0 Å². The zero-order chi connectivity index (χ0) is 14.7. The molecule has 1 N–H and O–H groups in total. The van der Waals surface area contributed by atoms with Crippen molar-refractivity contribution in [2.75, 3.05) is 6.61 Å². The topological polar surface area (TPSA) is 68.9 Å². The molecule has 0 saturated carbocycles. The smallest absolute Gasteiger partial charge is 0.262 e. The molecule has 3 rings (SSSR count). The molecule has 0 aliphatic carbocycles. The molecule has 0 saturated heterocycles. The third kappa shape index (κ3) is 2.80. The maximum Gasteiger partial charge on any atom is 0.262 e. The Morgan fingerprint density at radius 1 is 1.24 bits per heavy atom. The molecule has 0 unspecified atom stereocenters. The molecule has 3 heterocycles. The minimum Gasteiger partial charge on any atom is -0.488 e. The minimum absolute atomic E-state index is 0.0907. The molecule has 21 heavy (non-hydrogen) atoms. The van der Waals surface area contributed by atoms with Crippen molar-refractivity contribution in [3.05, 3.63) is 48.5 Å². The fraction of sp³-hybridized carbons (Fsp3) is 0.200. The van der Waals surface area contributed by atoms with Crippen LogP contribution in [0.5, 0.6) is 17.4 Å². The van der Waals surface area contributed by atoms with Crippen molar-refractivity contribution in [3.8, 4) is 17.4 Å². The zero-order valence-electron chi connectivity index (χ0n) is 11.6. The molecule has 0 aromatic carbocycles. The molecule has 6 nitrogen and oxygen atoms in total. The van der Waals surface area contributed by atoms with E-state index in [-0.39, 0.29) is 6.61 Å². The molecule has 3 aromatic heterocycles. The molecule has 0 aliphatic heterocycles. The van der Waals surface area contributed by atoms with Crippen LogP contribution in [-0.4, -0.2) is 26.1 Å². The molecule has 0 fully saturated rings. The first-order valence-corrected chi connectivity index (χ1v) is 6.64. The van der Waals surface area contributed by atoms with Crippen LogP contribution in [0, 0.1) is 0 Å². The number of nitrogens with zero attached hydrogens (tertiary/aromatic N) is 3. The van der Waals surface area contributed by atoms with Crippen LogP contribution in [0.25, 0.3) is 5.65 Å². The highest BCUT2D eigenvalue weighted by Crippen LogP contribution is 2.28. The predicted octanol–water partition coefficient (Wildman–Crippen LogP) is 2.41. The van der Waals surface area contributed by atoms with Crippen molar-refractivity contribution in [3.63, 3.8) is 0 Å². The van der Waals surface area contributed by atoms with Crippen molar-refractivity contribution in [2.45, 2.75) is 13.5 Å². The molecular formula is C15H15N3O3. The zero-order valence-corrected chi connectivity index (χ0v) is 11.6. The van der Waals surface area contributed by atoms with Gasteiger partial charge in [-0.2, -0.15) is 0 Å². The number of rotatable bonds is 5. The van der Waals surface area contributed by atoms with Crippen LogP contribution in [-0.2, 0) is 6.61 Å². The number of aromatic nitrogens is 3. The van der Waals surface area contributed by atoms with Gasteiger partial charge in [0.05, 0.1) is 25.1 Å². The lowest BCUT2D eigenvalue weighted by atomic mass is 10.4. The molecule has 0 atom stereocenters. The van der Waals surface area contributed by atoms with Crippen LogP contribution in [0.4, 0.5) is 0 Å². The first-order valence-electron chi connectivity index (χ1n) is 6.64. The average Bonchev–Trinajstić information content (AvgIpc) is 2.92. The Balaban J connectivity index is 1.91. The number of aliphatic hydroxyl groups is 1. The van der Waals surface area contributed by atoms with E-state index in [0.717, 1.165) is 5.65 Å². The number of pyridine rings is 2. The minimum atomic E-state index is -0.0907. The highest BCUT2D eigenvalue weighted by molar-refractivity contribution is 5.44. The third-order valence-electron chi connectivity index (χ3n) is 2.89. The lowest BCUT2D eigenvalue weighted by molar-refractivity contribution is 0.277. The van der Waals surface area contributed by atoms with Crippen molar-refractivity contribution in [2.24, 2.45) is 0 Å². The number of imidazole rings is 1. The van der Waals surface area contributed by atoms with Gasteiger partial charge in [-0.15, -0.1) is 0 Å². The van der Waals surface area contributed by atoms with Gasteiger partial charge in [-0.25, -0.2) is 9.97 Å². The SMILES string of the molecule is CCOc1cccnc1Oc1ccc2nc(CO)cn2c1. The number of hydrogen-bond donors (Lipinski definition) is 1. The Labute approximate surface area is 121 Å². The fourth-order valence-electron chi connectivity index (χ4n) is 1.99. The summed E-state index contributed by atoms with van der Waals surface area (Å²) in [5.41, 5.74) is 1.36. The van der Waals surface area contributed by atoms with Gasteiger partial charge < -0.3 is 19.0 Å². The maximum atomic E-state index is 9.10. The summed E-state index contributed by atoms with van der Waals surface area (Å²) in [4.78, 5) is 8.43. The quantitative estimate of drug-likeness (QED) is 0.779. The molecule has 0 amide bonds. The van der Waals surface area contributed by atoms with Crippen LogP contribution in [0.1, 0.15) is 12.6 Å². The third-order valence-corrected chi connectivity index (χ3v) is 2.89. The van der Waals surface area contributed by atoms with Gasteiger partial charge in [0, 0.05) is 12.4 Å². The number of aliphatic hydroxyl groups excluding tert-OH is 1. The standard InChI is InChI=1S/C15H15N3O3/c1-2-20-13-4-3-7-16-15(13)21-12-5-6-14-17-11(10-19)8-18(14)9-12/h3-9,19H,2,10H2,1H3. The summed E-state index contributed by atoms with van der Waals surface area (Å²) >= 11 is 0. The normalized spacial score (nSPS) is 10.8. The van der Waals surface area contributed by atoms with Gasteiger partial charge in [0.1, 0.15) is 11.4 Å². The van der Waals surface area contributed by atoms with E-state index in [1.165, 1.54) is 0 Å². The highest BCUT2D eigenvalue weighted by Gasteiger charge is 2.08. The number of ether oxygens (including phenoxy) is 2. The molecular weight excluding hydrogens is 270 g/mol. The van der Waals surface area contributed by atoms with Crippen molar-refractivity contribution >= 4 is 5.65 Å². The molecule has 0 spiro atoms.